The molecule has 1 unspecified atom stereocenters. The van der Waals surface area contributed by atoms with Gasteiger partial charge in [0.25, 0.3) is 5.91 Å². The van der Waals surface area contributed by atoms with E-state index in [9.17, 15) is 37.5 Å². The quantitative estimate of drug-likeness (QED) is 0.288. The number of nitrogens with zero attached hydrogens (tertiary/aromatic N) is 3. The number of Topliss-reactive ketones (excluding diaryl/α,β-unsaturated/α-hetero) is 1. The van der Waals surface area contributed by atoms with Gasteiger partial charge in [0, 0.05) is 43.9 Å². The number of imidazole rings is 1. The molecule has 206 valence electrons. The average molecular weight is 547 g/mol. The summed E-state index contributed by atoms with van der Waals surface area (Å²) >= 11 is 0. The maximum absolute atomic E-state index is 14.9. The molecule has 0 saturated heterocycles. The minimum absolute atomic E-state index is 0.000502. The molecule has 12 heteroatoms. The summed E-state index contributed by atoms with van der Waals surface area (Å²) in [7, 11) is 1.63. The summed E-state index contributed by atoms with van der Waals surface area (Å²) in [6.45, 7) is 1.88. The van der Waals surface area contributed by atoms with Crippen molar-refractivity contribution in [1.29, 1.82) is 5.26 Å². The second-order valence-corrected chi connectivity index (χ2v) is 8.94. The Morgan fingerprint density at radius 2 is 1.95 bits per heavy atom. The molecular formula is C27H26F4N4O4. The number of aliphatic hydroxyl groups is 1. The Morgan fingerprint density at radius 1 is 1.23 bits per heavy atom. The van der Waals surface area contributed by atoms with Crippen molar-refractivity contribution in [3.63, 3.8) is 0 Å². The summed E-state index contributed by atoms with van der Waals surface area (Å²) < 4.78 is 59.7. The van der Waals surface area contributed by atoms with Crippen molar-refractivity contribution in [3.05, 3.63) is 70.9 Å². The van der Waals surface area contributed by atoms with Crippen LogP contribution in [0.15, 0.2) is 42.6 Å². The minimum atomic E-state index is -4.63. The van der Waals surface area contributed by atoms with E-state index in [-0.39, 0.29) is 59.2 Å². The van der Waals surface area contributed by atoms with Crippen LogP contribution in [0.5, 0.6) is 5.75 Å². The maximum atomic E-state index is 14.9. The number of aromatic nitrogens is 2. The molecule has 0 aliphatic rings. The van der Waals surface area contributed by atoms with E-state index < -0.39 is 30.0 Å². The monoisotopic (exact) mass is 546 g/mol. The van der Waals surface area contributed by atoms with Gasteiger partial charge in [-0.15, -0.1) is 0 Å². The van der Waals surface area contributed by atoms with Crippen molar-refractivity contribution >= 4 is 11.7 Å². The van der Waals surface area contributed by atoms with E-state index in [4.69, 9.17) is 4.74 Å². The van der Waals surface area contributed by atoms with Gasteiger partial charge < -0.3 is 19.7 Å². The van der Waals surface area contributed by atoms with Crippen LogP contribution >= 0.6 is 0 Å². The Bertz CT molecular complexity index is 1410. The second-order valence-electron chi connectivity index (χ2n) is 8.94. The standard InChI is InChI=1S/C27H26F4N4O4/c1-15(37)25-34-23(14-35(25)3)21-6-4-17(11-22(21)28)10-20(8-9-36)33-26(38)18-5-7-24(19(12-18)13-32)39-16(2)27(29,30)31/h4-7,11-12,14,16,20,36H,8-10H2,1-3H3,(H,33,38)/t16?,20-/m1/s1. The number of aliphatic hydroxyl groups excluding tert-OH is 1. The Labute approximate surface area is 221 Å². The lowest BCUT2D eigenvalue weighted by molar-refractivity contribution is -0.189. The predicted molar refractivity (Wildman–Crippen MR) is 133 cm³/mol. The van der Waals surface area contributed by atoms with Gasteiger partial charge in [0.2, 0.25) is 0 Å². The van der Waals surface area contributed by atoms with Gasteiger partial charge in [-0.2, -0.15) is 18.4 Å². The van der Waals surface area contributed by atoms with Crippen LogP contribution in [-0.2, 0) is 13.5 Å². The normalized spacial score (nSPS) is 12.9. The van der Waals surface area contributed by atoms with E-state index in [2.05, 4.69) is 10.3 Å². The van der Waals surface area contributed by atoms with Crippen LogP contribution in [0.4, 0.5) is 17.6 Å². The maximum Gasteiger partial charge on any atom is 0.425 e. The van der Waals surface area contributed by atoms with E-state index in [1.54, 1.807) is 25.4 Å². The van der Waals surface area contributed by atoms with Gasteiger partial charge in [-0.3, -0.25) is 9.59 Å². The number of benzene rings is 2. The number of hydrogen-bond acceptors (Lipinski definition) is 6. The van der Waals surface area contributed by atoms with Crippen LogP contribution in [0.1, 0.15) is 52.4 Å². The van der Waals surface area contributed by atoms with Crippen molar-refractivity contribution in [2.75, 3.05) is 6.61 Å². The lowest BCUT2D eigenvalue weighted by Gasteiger charge is -2.20. The van der Waals surface area contributed by atoms with Gasteiger partial charge in [-0.25, -0.2) is 9.37 Å². The van der Waals surface area contributed by atoms with Crippen molar-refractivity contribution in [2.45, 2.75) is 45.0 Å². The Morgan fingerprint density at radius 3 is 2.51 bits per heavy atom. The number of carbonyl (C=O) groups is 2. The average Bonchev–Trinajstić information content (AvgIpc) is 3.25. The minimum Gasteiger partial charge on any atom is -0.480 e. The van der Waals surface area contributed by atoms with Gasteiger partial charge in [0.1, 0.15) is 17.6 Å². The Balaban J connectivity index is 1.75. The van der Waals surface area contributed by atoms with Gasteiger partial charge in [-0.05, 0) is 55.7 Å². The fraction of sp³-hybridized carbons (Fsp3) is 0.333. The van der Waals surface area contributed by atoms with Crippen LogP contribution in [0.2, 0.25) is 0 Å². The van der Waals surface area contributed by atoms with Crippen molar-refractivity contribution in [1.82, 2.24) is 14.9 Å². The van der Waals surface area contributed by atoms with Crippen LogP contribution < -0.4 is 10.1 Å². The molecular weight excluding hydrogens is 520 g/mol. The molecule has 1 aromatic heterocycles. The number of carbonyl (C=O) groups excluding carboxylic acids is 2. The molecule has 2 aromatic carbocycles. The van der Waals surface area contributed by atoms with E-state index in [0.29, 0.717) is 5.56 Å². The van der Waals surface area contributed by atoms with Crippen LogP contribution in [0.3, 0.4) is 0 Å². The van der Waals surface area contributed by atoms with E-state index in [1.165, 1.54) is 29.7 Å². The number of halogens is 4. The molecule has 0 saturated carbocycles. The molecule has 1 amide bonds. The van der Waals surface area contributed by atoms with Crippen molar-refractivity contribution in [2.24, 2.45) is 7.05 Å². The highest BCUT2D eigenvalue weighted by Crippen LogP contribution is 2.28. The third-order valence-electron chi connectivity index (χ3n) is 5.92. The van der Waals surface area contributed by atoms with E-state index in [0.717, 1.165) is 19.1 Å². The first kappa shape index (κ1) is 29.3. The molecule has 3 aromatic rings. The van der Waals surface area contributed by atoms with E-state index in [1.807, 2.05) is 0 Å². The molecule has 0 aliphatic carbocycles. The van der Waals surface area contributed by atoms with Crippen LogP contribution in [-0.4, -0.2) is 51.3 Å². The fourth-order valence-electron chi connectivity index (χ4n) is 3.87. The number of nitriles is 1. The molecule has 0 aliphatic heterocycles. The van der Waals surface area contributed by atoms with Crippen LogP contribution in [0.25, 0.3) is 11.3 Å². The number of rotatable bonds is 10. The van der Waals surface area contributed by atoms with Crippen LogP contribution in [0, 0.1) is 17.1 Å². The first-order valence-corrected chi connectivity index (χ1v) is 11.9. The molecule has 0 bridgehead atoms. The summed E-state index contributed by atoms with van der Waals surface area (Å²) in [5.74, 6) is -1.61. The zero-order valence-corrected chi connectivity index (χ0v) is 21.3. The van der Waals surface area contributed by atoms with Crippen molar-refractivity contribution in [3.8, 4) is 23.1 Å². The summed E-state index contributed by atoms with van der Waals surface area (Å²) in [5, 5.41) is 21.5. The number of amides is 1. The SMILES string of the molecule is CC(=O)c1nc(-c2ccc(C[C@@H](CCO)NC(=O)c3ccc(OC(C)C(F)(F)F)c(C#N)c3)cc2F)cn1C. The number of ether oxygens (including phenoxy) is 1. The summed E-state index contributed by atoms with van der Waals surface area (Å²) in [6, 6.07) is 8.96. The first-order valence-electron chi connectivity index (χ1n) is 11.9. The number of hydrogen-bond donors (Lipinski definition) is 2. The van der Waals surface area contributed by atoms with Gasteiger partial charge in [0.15, 0.2) is 17.7 Å². The highest BCUT2D eigenvalue weighted by atomic mass is 19.4. The third kappa shape index (κ3) is 7.20. The third-order valence-corrected chi connectivity index (χ3v) is 5.92. The topological polar surface area (TPSA) is 117 Å². The molecule has 8 nitrogen and oxygen atoms in total. The van der Waals surface area contributed by atoms with Gasteiger partial charge in [-0.1, -0.05) is 6.07 Å². The zero-order valence-electron chi connectivity index (χ0n) is 21.3. The molecule has 2 N–H and O–H groups in total. The number of alkyl halides is 3. The second kappa shape index (κ2) is 12.1. The first-order chi connectivity index (χ1) is 18.3. The predicted octanol–water partition coefficient (Wildman–Crippen LogP) is 4.35. The highest BCUT2D eigenvalue weighted by Gasteiger charge is 2.38. The number of ketones is 1. The molecule has 2 atom stereocenters. The van der Waals surface area contributed by atoms with Crippen molar-refractivity contribution < 1.29 is 37.0 Å². The van der Waals surface area contributed by atoms with E-state index >= 15 is 0 Å². The lowest BCUT2D eigenvalue weighted by Crippen LogP contribution is -2.37. The lowest BCUT2D eigenvalue weighted by atomic mass is 10.0. The van der Waals surface area contributed by atoms with Gasteiger partial charge in [0.05, 0.1) is 11.3 Å². The Kier molecular flexibility index (Phi) is 9.08. The smallest absolute Gasteiger partial charge is 0.425 e. The zero-order chi connectivity index (χ0) is 28.9. The fourth-order valence-corrected chi connectivity index (χ4v) is 3.87. The number of nitrogens with one attached hydrogen (secondary N) is 1. The number of aryl methyl sites for hydroxylation is 1. The largest absolute Gasteiger partial charge is 0.480 e. The molecule has 3 rings (SSSR count). The molecule has 0 spiro atoms. The molecule has 0 fully saturated rings. The highest BCUT2D eigenvalue weighted by molar-refractivity contribution is 5.95. The Hall–Kier alpha value is -4.24. The molecule has 39 heavy (non-hydrogen) atoms. The molecule has 0 radical (unpaired) electrons. The molecule has 1 heterocycles. The van der Waals surface area contributed by atoms with Gasteiger partial charge >= 0.3 is 6.18 Å². The summed E-state index contributed by atoms with van der Waals surface area (Å²) in [6.07, 6.45) is -4.96. The summed E-state index contributed by atoms with van der Waals surface area (Å²) in [5.41, 5.74) is 0.741. The summed E-state index contributed by atoms with van der Waals surface area (Å²) in [4.78, 5) is 28.7.